The van der Waals surface area contributed by atoms with E-state index < -0.39 is 5.41 Å². The second kappa shape index (κ2) is 10.7. The van der Waals surface area contributed by atoms with Gasteiger partial charge in [-0.15, -0.1) is 0 Å². The van der Waals surface area contributed by atoms with Crippen molar-refractivity contribution >= 4 is 0 Å². The molecule has 0 unspecified atom stereocenters. The number of benzene rings is 1. The molecule has 1 aromatic carbocycles. The Morgan fingerprint density at radius 2 is 1.74 bits per heavy atom. The molecule has 0 heterocycles. The summed E-state index contributed by atoms with van der Waals surface area (Å²) in [6.45, 7) is 7.04. The fourth-order valence-corrected chi connectivity index (χ4v) is 2.57. The van der Waals surface area contributed by atoms with Crippen molar-refractivity contribution in [2.45, 2.75) is 65.7 Å². The van der Waals surface area contributed by atoms with Crippen molar-refractivity contribution in [3.8, 4) is 5.75 Å². The van der Waals surface area contributed by atoms with Crippen LogP contribution in [-0.4, -0.2) is 30.0 Å². The van der Waals surface area contributed by atoms with Crippen LogP contribution in [0, 0.1) is 12.3 Å². The first-order valence-corrected chi connectivity index (χ1v) is 8.98. The lowest BCUT2D eigenvalue weighted by atomic mass is 9.85. The fraction of sp³-hybridized carbons (Fsp3) is 0.700. The number of hydrogen-bond donors (Lipinski definition) is 2. The number of aryl methyl sites for hydroxylation is 2. The minimum atomic E-state index is -0.401. The van der Waals surface area contributed by atoms with Gasteiger partial charge in [0.05, 0.1) is 19.8 Å². The molecule has 3 heteroatoms. The molecule has 0 bridgehead atoms. The van der Waals surface area contributed by atoms with E-state index in [1.54, 1.807) is 0 Å². The molecular weight excluding hydrogens is 288 g/mol. The number of unbranched alkanes of at least 4 members (excludes halogenated alkanes) is 4. The molecule has 0 spiro atoms. The average molecular weight is 322 g/mol. The molecule has 0 aliphatic rings. The molecule has 1 aromatic rings. The zero-order valence-electron chi connectivity index (χ0n) is 15.1. The standard InChI is InChI=1S/C20H34O3/c1-4-5-6-7-8-13-23-19-10-9-18(14-17(19)2)11-12-20(3,15-21)16-22/h9-10,14,21-22H,4-8,11-13,15-16H2,1-3H3. The van der Waals surface area contributed by atoms with Crippen LogP contribution in [0.3, 0.4) is 0 Å². The van der Waals surface area contributed by atoms with Crippen LogP contribution in [0.25, 0.3) is 0 Å². The van der Waals surface area contributed by atoms with Crippen LogP contribution in [0.15, 0.2) is 18.2 Å². The highest BCUT2D eigenvalue weighted by molar-refractivity contribution is 5.36. The molecule has 0 saturated carbocycles. The molecule has 0 atom stereocenters. The second-order valence-corrected chi connectivity index (χ2v) is 6.99. The van der Waals surface area contributed by atoms with Gasteiger partial charge in [-0.3, -0.25) is 0 Å². The monoisotopic (exact) mass is 322 g/mol. The van der Waals surface area contributed by atoms with Crippen molar-refractivity contribution in [2.24, 2.45) is 5.41 Å². The predicted octanol–water partition coefficient (Wildman–Crippen LogP) is 4.27. The van der Waals surface area contributed by atoms with Crippen molar-refractivity contribution in [3.63, 3.8) is 0 Å². The van der Waals surface area contributed by atoms with Crippen LogP contribution < -0.4 is 4.74 Å². The minimum Gasteiger partial charge on any atom is -0.493 e. The number of ether oxygens (including phenoxy) is 1. The number of aliphatic hydroxyl groups excluding tert-OH is 2. The van der Waals surface area contributed by atoms with E-state index in [0.29, 0.717) is 0 Å². The molecule has 0 fully saturated rings. The second-order valence-electron chi connectivity index (χ2n) is 6.99. The van der Waals surface area contributed by atoms with Crippen LogP contribution in [0.5, 0.6) is 5.75 Å². The topological polar surface area (TPSA) is 49.7 Å². The zero-order valence-corrected chi connectivity index (χ0v) is 15.1. The van der Waals surface area contributed by atoms with Gasteiger partial charge >= 0.3 is 0 Å². The summed E-state index contributed by atoms with van der Waals surface area (Å²) in [5, 5.41) is 18.7. The maximum Gasteiger partial charge on any atom is 0.122 e. The van der Waals surface area contributed by atoms with E-state index in [1.807, 2.05) is 13.0 Å². The third-order valence-electron chi connectivity index (χ3n) is 4.53. The van der Waals surface area contributed by atoms with Crippen LogP contribution in [0.2, 0.25) is 0 Å². The van der Waals surface area contributed by atoms with Crippen molar-refractivity contribution in [2.75, 3.05) is 19.8 Å². The SMILES string of the molecule is CCCCCCCOc1ccc(CCC(C)(CO)CO)cc1C. The highest BCUT2D eigenvalue weighted by atomic mass is 16.5. The molecular formula is C20H34O3. The molecule has 23 heavy (non-hydrogen) atoms. The first kappa shape index (κ1) is 20.0. The van der Waals surface area contributed by atoms with E-state index in [4.69, 9.17) is 4.74 Å². The summed E-state index contributed by atoms with van der Waals surface area (Å²) in [5.74, 6) is 0.969. The average Bonchev–Trinajstić information content (AvgIpc) is 2.57. The van der Waals surface area contributed by atoms with Gasteiger partial charge in [0.1, 0.15) is 5.75 Å². The molecule has 0 radical (unpaired) electrons. The van der Waals surface area contributed by atoms with Crippen molar-refractivity contribution in [1.82, 2.24) is 0 Å². The molecule has 0 amide bonds. The van der Waals surface area contributed by atoms with E-state index in [2.05, 4.69) is 26.0 Å². The summed E-state index contributed by atoms with van der Waals surface area (Å²) in [6.07, 6.45) is 7.87. The Kier molecular flexibility index (Phi) is 9.27. The predicted molar refractivity (Wildman–Crippen MR) is 96.0 cm³/mol. The van der Waals surface area contributed by atoms with Gasteiger partial charge in [-0.2, -0.15) is 0 Å². The smallest absolute Gasteiger partial charge is 0.122 e. The Hall–Kier alpha value is -1.06. The highest BCUT2D eigenvalue weighted by Gasteiger charge is 2.21. The number of rotatable bonds is 12. The first-order valence-electron chi connectivity index (χ1n) is 8.98. The normalized spacial score (nSPS) is 11.7. The maximum absolute atomic E-state index is 9.36. The van der Waals surface area contributed by atoms with E-state index in [1.165, 1.54) is 31.2 Å². The zero-order chi connectivity index (χ0) is 17.1. The quantitative estimate of drug-likeness (QED) is 0.565. The Balaban J connectivity index is 2.42. The van der Waals surface area contributed by atoms with Gasteiger partial charge in [-0.05, 0) is 43.4 Å². The first-order chi connectivity index (χ1) is 11.0. The Morgan fingerprint density at radius 3 is 2.35 bits per heavy atom. The van der Waals surface area contributed by atoms with E-state index >= 15 is 0 Å². The van der Waals surface area contributed by atoms with Gasteiger partial charge in [0.15, 0.2) is 0 Å². The summed E-state index contributed by atoms with van der Waals surface area (Å²) < 4.78 is 5.88. The van der Waals surface area contributed by atoms with Crippen molar-refractivity contribution in [3.05, 3.63) is 29.3 Å². The lowest BCUT2D eigenvalue weighted by Crippen LogP contribution is -2.26. The molecule has 2 N–H and O–H groups in total. The number of aliphatic hydroxyl groups is 2. The lowest BCUT2D eigenvalue weighted by molar-refractivity contribution is 0.0631. The molecule has 0 aliphatic heterocycles. The number of hydrogen-bond acceptors (Lipinski definition) is 3. The summed E-state index contributed by atoms with van der Waals surface area (Å²) in [5.41, 5.74) is 1.98. The largest absolute Gasteiger partial charge is 0.493 e. The van der Waals surface area contributed by atoms with Crippen LogP contribution in [-0.2, 0) is 6.42 Å². The Labute approximate surface area is 141 Å². The molecule has 1 rings (SSSR count). The third-order valence-corrected chi connectivity index (χ3v) is 4.53. The van der Waals surface area contributed by atoms with Crippen LogP contribution in [0.4, 0.5) is 0 Å². The molecule has 0 aromatic heterocycles. The van der Waals surface area contributed by atoms with E-state index in [0.717, 1.165) is 37.2 Å². The minimum absolute atomic E-state index is 0.0156. The van der Waals surface area contributed by atoms with Crippen molar-refractivity contribution < 1.29 is 14.9 Å². The van der Waals surface area contributed by atoms with Gasteiger partial charge in [0.2, 0.25) is 0 Å². The molecule has 3 nitrogen and oxygen atoms in total. The Morgan fingerprint density at radius 1 is 1.04 bits per heavy atom. The van der Waals surface area contributed by atoms with Crippen molar-refractivity contribution in [1.29, 1.82) is 0 Å². The van der Waals surface area contributed by atoms with Gasteiger partial charge in [-0.1, -0.05) is 51.7 Å². The molecule has 0 aliphatic carbocycles. The molecule has 132 valence electrons. The van der Waals surface area contributed by atoms with Crippen LogP contribution in [0.1, 0.15) is 63.5 Å². The van der Waals surface area contributed by atoms with Gasteiger partial charge in [0.25, 0.3) is 0 Å². The van der Waals surface area contributed by atoms with E-state index in [9.17, 15) is 10.2 Å². The summed E-state index contributed by atoms with van der Waals surface area (Å²) in [7, 11) is 0. The maximum atomic E-state index is 9.36. The summed E-state index contributed by atoms with van der Waals surface area (Å²) in [4.78, 5) is 0. The Bertz CT molecular complexity index is 439. The van der Waals surface area contributed by atoms with Gasteiger partial charge in [-0.25, -0.2) is 0 Å². The fourth-order valence-electron chi connectivity index (χ4n) is 2.57. The third kappa shape index (κ3) is 7.36. The summed E-state index contributed by atoms with van der Waals surface area (Å²) >= 11 is 0. The summed E-state index contributed by atoms with van der Waals surface area (Å²) in [6, 6.07) is 6.29. The van der Waals surface area contributed by atoms with Crippen LogP contribution >= 0.6 is 0 Å². The highest BCUT2D eigenvalue weighted by Crippen LogP contribution is 2.25. The lowest BCUT2D eigenvalue weighted by Gasteiger charge is -2.24. The van der Waals surface area contributed by atoms with Gasteiger partial charge in [0, 0.05) is 5.41 Å². The van der Waals surface area contributed by atoms with Gasteiger partial charge < -0.3 is 14.9 Å². The van der Waals surface area contributed by atoms with E-state index in [-0.39, 0.29) is 13.2 Å². The molecule has 0 saturated heterocycles.